The van der Waals surface area contributed by atoms with Crippen LogP contribution in [0.3, 0.4) is 0 Å². The predicted molar refractivity (Wildman–Crippen MR) is 85.1 cm³/mol. The minimum atomic E-state index is 0.370. The highest BCUT2D eigenvalue weighted by Crippen LogP contribution is 2.26. The zero-order valence-corrected chi connectivity index (χ0v) is 13.0. The van der Waals surface area contributed by atoms with E-state index in [0.717, 1.165) is 30.5 Å². The van der Waals surface area contributed by atoms with Crippen LogP contribution in [-0.4, -0.2) is 36.1 Å². The number of aromatic nitrogens is 1. The number of nitrogens with zero attached hydrogens (tertiary/aromatic N) is 2. The summed E-state index contributed by atoms with van der Waals surface area (Å²) in [4.78, 5) is 7.11. The Morgan fingerprint density at radius 3 is 2.89 bits per heavy atom. The molecule has 1 aliphatic heterocycles. The fourth-order valence-electron chi connectivity index (χ4n) is 2.55. The third-order valence-corrected chi connectivity index (χ3v) is 5.22. The van der Waals surface area contributed by atoms with E-state index in [2.05, 4.69) is 52.9 Å². The van der Waals surface area contributed by atoms with Gasteiger partial charge in [0.15, 0.2) is 0 Å². The van der Waals surface area contributed by atoms with Crippen LogP contribution >= 0.6 is 11.8 Å². The molecule has 0 radical (unpaired) electrons. The van der Waals surface area contributed by atoms with E-state index < -0.39 is 0 Å². The zero-order chi connectivity index (χ0) is 13.7. The van der Waals surface area contributed by atoms with Crippen molar-refractivity contribution in [1.29, 1.82) is 0 Å². The minimum Gasteiger partial charge on any atom is -0.368 e. The molecule has 4 heteroatoms. The standard InChI is InChI=1S/C15H25N3S/c1-4-13-11-18(8-9-19-13)12-6-7-15(17-10-12)14(5-2)16-3/h6-7,10,13-14,16H,4-5,8-9,11H2,1-3H3. The van der Waals surface area contributed by atoms with E-state index in [4.69, 9.17) is 0 Å². The molecule has 1 aromatic heterocycles. The summed E-state index contributed by atoms with van der Waals surface area (Å²) in [6.45, 7) is 6.77. The van der Waals surface area contributed by atoms with Crippen LogP contribution < -0.4 is 10.2 Å². The maximum atomic E-state index is 4.64. The second-order valence-corrected chi connectivity index (χ2v) is 6.45. The van der Waals surface area contributed by atoms with Crippen molar-refractivity contribution in [3.63, 3.8) is 0 Å². The first-order chi connectivity index (χ1) is 9.28. The summed E-state index contributed by atoms with van der Waals surface area (Å²) in [5, 5.41) is 4.08. The Balaban J connectivity index is 2.05. The molecular formula is C15H25N3S. The van der Waals surface area contributed by atoms with E-state index in [0.29, 0.717) is 6.04 Å². The number of rotatable bonds is 5. The predicted octanol–water partition coefficient (Wildman–Crippen LogP) is 3.08. The molecule has 2 unspecified atom stereocenters. The lowest BCUT2D eigenvalue weighted by atomic mass is 10.1. The molecule has 19 heavy (non-hydrogen) atoms. The van der Waals surface area contributed by atoms with Crippen LogP contribution in [0.4, 0.5) is 5.69 Å². The van der Waals surface area contributed by atoms with Crippen LogP contribution in [0, 0.1) is 0 Å². The molecule has 1 fully saturated rings. The van der Waals surface area contributed by atoms with Gasteiger partial charge in [0.25, 0.3) is 0 Å². The zero-order valence-electron chi connectivity index (χ0n) is 12.2. The van der Waals surface area contributed by atoms with Crippen molar-refractivity contribution in [1.82, 2.24) is 10.3 Å². The van der Waals surface area contributed by atoms with Gasteiger partial charge in [-0.2, -0.15) is 11.8 Å². The molecule has 1 aliphatic rings. The van der Waals surface area contributed by atoms with Crippen molar-refractivity contribution in [3.05, 3.63) is 24.0 Å². The minimum absolute atomic E-state index is 0.370. The van der Waals surface area contributed by atoms with Crippen LogP contribution in [-0.2, 0) is 0 Å². The van der Waals surface area contributed by atoms with Gasteiger partial charge >= 0.3 is 0 Å². The number of anilines is 1. The van der Waals surface area contributed by atoms with Gasteiger partial charge in [-0.25, -0.2) is 0 Å². The fourth-order valence-corrected chi connectivity index (χ4v) is 3.73. The highest BCUT2D eigenvalue weighted by atomic mass is 32.2. The molecule has 0 aromatic carbocycles. The highest BCUT2D eigenvalue weighted by Gasteiger charge is 2.19. The normalized spacial score (nSPS) is 21.4. The largest absolute Gasteiger partial charge is 0.368 e. The van der Waals surface area contributed by atoms with Crippen molar-refractivity contribution < 1.29 is 0 Å². The van der Waals surface area contributed by atoms with Gasteiger partial charge in [0.05, 0.1) is 17.6 Å². The first-order valence-electron chi connectivity index (χ1n) is 7.28. The van der Waals surface area contributed by atoms with Crippen LogP contribution in [0.1, 0.15) is 38.4 Å². The Bertz CT molecular complexity index is 375. The van der Waals surface area contributed by atoms with Crippen molar-refractivity contribution in [2.24, 2.45) is 0 Å². The van der Waals surface area contributed by atoms with Gasteiger partial charge in [0.2, 0.25) is 0 Å². The second kappa shape index (κ2) is 7.15. The molecule has 2 heterocycles. The maximum Gasteiger partial charge on any atom is 0.0574 e. The third-order valence-electron chi connectivity index (χ3n) is 3.84. The number of nitrogens with one attached hydrogen (secondary N) is 1. The van der Waals surface area contributed by atoms with Gasteiger partial charge in [-0.05, 0) is 32.0 Å². The number of thioether (sulfide) groups is 1. The molecule has 0 amide bonds. The van der Waals surface area contributed by atoms with Gasteiger partial charge in [-0.1, -0.05) is 13.8 Å². The fraction of sp³-hybridized carbons (Fsp3) is 0.667. The molecular weight excluding hydrogens is 254 g/mol. The van der Waals surface area contributed by atoms with E-state index >= 15 is 0 Å². The van der Waals surface area contributed by atoms with Gasteiger partial charge in [-0.15, -0.1) is 0 Å². The van der Waals surface area contributed by atoms with Crippen molar-refractivity contribution in [2.45, 2.75) is 38.0 Å². The van der Waals surface area contributed by atoms with Gasteiger partial charge in [0.1, 0.15) is 0 Å². The SMILES string of the molecule is CCC1CN(c2ccc(C(CC)NC)nc2)CCS1. The van der Waals surface area contributed by atoms with Crippen molar-refractivity contribution in [3.8, 4) is 0 Å². The average Bonchev–Trinajstić information content (AvgIpc) is 2.49. The van der Waals surface area contributed by atoms with Crippen LogP contribution in [0.5, 0.6) is 0 Å². The quantitative estimate of drug-likeness (QED) is 0.896. The Kier molecular flexibility index (Phi) is 5.52. The Labute approximate surface area is 121 Å². The molecule has 0 bridgehead atoms. The smallest absolute Gasteiger partial charge is 0.0574 e. The Morgan fingerprint density at radius 1 is 1.47 bits per heavy atom. The molecule has 3 nitrogen and oxygen atoms in total. The van der Waals surface area contributed by atoms with E-state index in [1.54, 1.807) is 0 Å². The maximum absolute atomic E-state index is 4.64. The summed E-state index contributed by atoms with van der Waals surface area (Å²) in [7, 11) is 2.00. The summed E-state index contributed by atoms with van der Waals surface area (Å²) in [6.07, 6.45) is 4.36. The second-order valence-electron chi connectivity index (χ2n) is 5.04. The molecule has 1 saturated heterocycles. The van der Waals surface area contributed by atoms with Crippen LogP contribution in [0.15, 0.2) is 18.3 Å². The van der Waals surface area contributed by atoms with Crippen LogP contribution in [0.2, 0.25) is 0 Å². The molecule has 106 valence electrons. The summed E-state index contributed by atoms with van der Waals surface area (Å²) in [5.41, 5.74) is 2.42. The first-order valence-corrected chi connectivity index (χ1v) is 8.33. The molecule has 2 rings (SSSR count). The topological polar surface area (TPSA) is 28.2 Å². The molecule has 2 atom stereocenters. The van der Waals surface area contributed by atoms with Gasteiger partial charge in [0, 0.05) is 30.1 Å². The van der Waals surface area contributed by atoms with E-state index in [9.17, 15) is 0 Å². The van der Waals surface area contributed by atoms with Crippen molar-refractivity contribution in [2.75, 3.05) is 30.8 Å². The lowest BCUT2D eigenvalue weighted by Gasteiger charge is -2.33. The lowest BCUT2D eigenvalue weighted by Crippen LogP contribution is -2.37. The van der Waals surface area contributed by atoms with Gasteiger partial charge in [-0.3, -0.25) is 4.98 Å². The van der Waals surface area contributed by atoms with Crippen molar-refractivity contribution >= 4 is 17.4 Å². The molecule has 0 saturated carbocycles. The summed E-state index contributed by atoms with van der Waals surface area (Å²) >= 11 is 2.10. The monoisotopic (exact) mass is 279 g/mol. The first kappa shape index (κ1) is 14.7. The summed E-state index contributed by atoms with van der Waals surface area (Å²) in [6, 6.07) is 4.77. The van der Waals surface area contributed by atoms with E-state index in [-0.39, 0.29) is 0 Å². The molecule has 0 aliphatic carbocycles. The van der Waals surface area contributed by atoms with Gasteiger partial charge < -0.3 is 10.2 Å². The molecule has 1 aromatic rings. The average molecular weight is 279 g/mol. The highest BCUT2D eigenvalue weighted by molar-refractivity contribution is 8.00. The van der Waals surface area contributed by atoms with Crippen LogP contribution in [0.25, 0.3) is 0 Å². The molecule has 0 spiro atoms. The lowest BCUT2D eigenvalue weighted by molar-refractivity contribution is 0.561. The third kappa shape index (κ3) is 3.63. The summed E-state index contributed by atoms with van der Waals surface area (Å²) in [5.74, 6) is 1.23. The molecule has 1 N–H and O–H groups in total. The summed E-state index contributed by atoms with van der Waals surface area (Å²) < 4.78 is 0. The number of hydrogen-bond donors (Lipinski definition) is 1. The Morgan fingerprint density at radius 2 is 2.32 bits per heavy atom. The number of hydrogen-bond acceptors (Lipinski definition) is 4. The van der Waals surface area contributed by atoms with E-state index in [1.165, 1.54) is 17.9 Å². The Hall–Kier alpha value is -0.740. The number of pyridine rings is 1. The van der Waals surface area contributed by atoms with E-state index in [1.807, 2.05) is 13.2 Å².